The van der Waals surface area contributed by atoms with Crippen LogP contribution in [0, 0.1) is 11.8 Å². The zero-order chi connectivity index (χ0) is 22.5. The van der Waals surface area contributed by atoms with Crippen LogP contribution in [0.15, 0.2) is 54.6 Å². The molecule has 1 saturated carbocycles. The number of amides is 2. The SMILES string of the molecule is O=C1C2C(c3ccccc3O)NC(C(=O)O)(c3ccccc3)C2C(=O)N1C1CCCCC1. The third-order valence-corrected chi connectivity index (χ3v) is 7.37. The second-order valence-corrected chi connectivity index (χ2v) is 9.00. The van der Waals surface area contributed by atoms with Crippen molar-refractivity contribution in [1.29, 1.82) is 0 Å². The second-order valence-electron chi connectivity index (χ2n) is 9.00. The number of carboxylic acid groups (broad SMARTS) is 1. The standard InChI is InChI=1S/C25H26N2O5/c28-18-14-8-7-13-17(18)21-19-20(23(30)27(22(19)29)16-11-5-2-6-12-16)25(26-21,24(31)32)15-9-3-1-4-10-15/h1,3-4,7-10,13-14,16,19-21,26,28H,2,5-6,11-12H2,(H,31,32). The van der Waals surface area contributed by atoms with Gasteiger partial charge in [0.2, 0.25) is 11.8 Å². The molecule has 2 aromatic rings. The Morgan fingerprint density at radius 3 is 2.25 bits per heavy atom. The van der Waals surface area contributed by atoms with Crippen molar-refractivity contribution in [2.24, 2.45) is 11.8 Å². The Hall–Kier alpha value is -3.19. The predicted octanol–water partition coefficient (Wildman–Crippen LogP) is 2.95. The number of aliphatic carboxylic acids is 1. The smallest absolute Gasteiger partial charge is 0.329 e. The Morgan fingerprint density at radius 1 is 0.938 bits per heavy atom. The van der Waals surface area contributed by atoms with Crippen LogP contribution in [-0.4, -0.2) is 38.9 Å². The van der Waals surface area contributed by atoms with E-state index in [2.05, 4.69) is 5.32 Å². The molecule has 166 valence electrons. The van der Waals surface area contributed by atoms with Crippen molar-refractivity contribution < 1.29 is 24.6 Å². The minimum atomic E-state index is -1.77. The van der Waals surface area contributed by atoms with E-state index >= 15 is 0 Å². The van der Waals surface area contributed by atoms with Crippen molar-refractivity contribution in [3.8, 4) is 5.75 Å². The first-order valence-corrected chi connectivity index (χ1v) is 11.2. The molecule has 1 aliphatic carbocycles. The molecule has 32 heavy (non-hydrogen) atoms. The summed E-state index contributed by atoms with van der Waals surface area (Å²) in [7, 11) is 0. The van der Waals surface area contributed by atoms with Gasteiger partial charge in [-0.25, -0.2) is 4.79 Å². The molecule has 4 unspecified atom stereocenters. The van der Waals surface area contributed by atoms with E-state index in [1.807, 2.05) is 0 Å². The lowest BCUT2D eigenvalue weighted by Crippen LogP contribution is -2.54. The topological polar surface area (TPSA) is 107 Å². The van der Waals surface area contributed by atoms with Crippen molar-refractivity contribution in [1.82, 2.24) is 10.2 Å². The summed E-state index contributed by atoms with van der Waals surface area (Å²) in [6.07, 6.45) is 4.46. The number of hydrogen-bond donors (Lipinski definition) is 3. The fourth-order valence-electron chi connectivity index (χ4n) is 5.93. The number of carbonyl (C=O) groups excluding carboxylic acids is 2. The van der Waals surface area contributed by atoms with Crippen LogP contribution < -0.4 is 5.32 Å². The summed E-state index contributed by atoms with van der Waals surface area (Å²) < 4.78 is 0. The second kappa shape index (κ2) is 7.74. The molecule has 3 fully saturated rings. The molecule has 2 aromatic carbocycles. The molecule has 3 aliphatic rings. The molecule has 0 bridgehead atoms. The molecule has 2 amide bonds. The Labute approximate surface area is 186 Å². The largest absolute Gasteiger partial charge is 0.508 e. The summed E-state index contributed by atoms with van der Waals surface area (Å²) in [5.41, 5.74) is -0.921. The number of carboxylic acids is 1. The van der Waals surface area contributed by atoms with Gasteiger partial charge in [-0.05, 0) is 24.5 Å². The first-order valence-electron chi connectivity index (χ1n) is 11.2. The molecule has 4 atom stereocenters. The maximum atomic E-state index is 13.8. The minimum absolute atomic E-state index is 0.0330. The monoisotopic (exact) mass is 434 g/mol. The number of carbonyl (C=O) groups is 3. The zero-order valence-corrected chi connectivity index (χ0v) is 17.6. The third kappa shape index (κ3) is 2.88. The van der Waals surface area contributed by atoms with Crippen LogP contribution in [-0.2, 0) is 19.9 Å². The summed E-state index contributed by atoms with van der Waals surface area (Å²) >= 11 is 0. The van der Waals surface area contributed by atoms with E-state index < -0.39 is 35.3 Å². The Balaban J connectivity index is 1.68. The highest BCUT2D eigenvalue weighted by atomic mass is 16.4. The van der Waals surface area contributed by atoms with Crippen molar-refractivity contribution >= 4 is 17.8 Å². The highest BCUT2D eigenvalue weighted by Crippen LogP contribution is 2.54. The Kier molecular flexibility index (Phi) is 5.01. The fourth-order valence-corrected chi connectivity index (χ4v) is 5.93. The van der Waals surface area contributed by atoms with Gasteiger partial charge < -0.3 is 10.2 Å². The van der Waals surface area contributed by atoms with Gasteiger partial charge in [0.1, 0.15) is 5.75 Å². The number of nitrogens with one attached hydrogen (secondary N) is 1. The lowest BCUT2D eigenvalue weighted by atomic mass is 9.75. The predicted molar refractivity (Wildman–Crippen MR) is 115 cm³/mol. The van der Waals surface area contributed by atoms with Crippen molar-refractivity contribution in [3.05, 3.63) is 65.7 Å². The van der Waals surface area contributed by atoms with Crippen LogP contribution in [0.1, 0.15) is 49.3 Å². The van der Waals surface area contributed by atoms with Gasteiger partial charge >= 0.3 is 5.97 Å². The van der Waals surface area contributed by atoms with Crippen LogP contribution in [0.25, 0.3) is 0 Å². The summed E-state index contributed by atoms with van der Waals surface area (Å²) in [6.45, 7) is 0. The molecule has 5 rings (SSSR count). The lowest BCUT2D eigenvalue weighted by Gasteiger charge is -2.34. The average Bonchev–Trinajstić information content (AvgIpc) is 3.30. The number of phenolic OH excluding ortho intramolecular Hbond substituents is 1. The number of aromatic hydroxyl groups is 1. The maximum absolute atomic E-state index is 13.8. The van der Waals surface area contributed by atoms with Crippen LogP contribution in [0.3, 0.4) is 0 Å². The normalized spacial score (nSPS) is 30.5. The van der Waals surface area contributed by atoms with Gasteiger partial charge in [-0.3, -0.25) is 19.8 Å². The van der Waals surface area contributed by atoms with Gasteiger partial charge in [0.05, 0.1) is 11.8 Å². The molecule has 7 nitrogen and oxygen atoms in total. The molecule has 2 aliphatic heterocycles. The van der Waals surface area contributed by atoms with E-state index in [0.29, 0.717) is 11.1 Å². The number of likely N-dealkylation sites (tertiary alicyclic amines) is 1. The molecule has 2 saturated heterocycles. The highest BCUT2D eigenvalue weighted by Gasteiger charge is 2.70. The van der Waals surface area contributed by atoms with Gasteiger partial charge in [0.25, 0.3) is 0 Å². The number of rotatable bonds is 4. The van der Waals surface area contributed by atoms with E-state index in [9.17, 15) is 24.6 Å². The maximum Gasteiger partial charge on any atom is 0.329 e. The van der Waals surface area contributed by atoms with E-state index in [-0.39, 0.29) is 17.7 Å². The van der Waals surface area contributed by atoms with Crippen LogP contribution in [0.2, 0.25) is 0 Å². The van der Waals surface area contributed by atoms with Crippen molar-refractivity contribution in [3.63, 3.8) is 0 Å². The van der Waals surface area contributed by atoms with Crippen molar-refractivity contribution in [2.45, 2.75) is 49.7 Å². The number of imide groups is 1. The van der Waals surface area contributed by atoms with E-state index in [1.165, 1.54) is 11.0 Å². The first-order chi connectivity index (χ1) is 15.5. The number of benzene rings is 2. The van der Waals surface area contributed by atoms with Gasteiger partial charge in [0.15, 0.2) is 5.54 Å². The van der Waals surface area contributed by atoms with Gasteiger partial charge in [-0.1, -0.05) is 67.8 Å². The molecule has 0 spiro atoms. The summed E-state index contributed by atoms with van der Waals surface area (Å²) in [5.74, 6) is -4.01. The highest BCUT2D eigenvalue weighted by molar-refractivity contribution is 6.10. The minimum Gasteiger partial charge on any atom is -0.508 e. The fraction of sp³-hybridized carbons (Fsp3) is 0.400. The number of hydrogen-bond acceptors (Lipinski definition) is 5. The first kappa shape index (κ1) is 20.7. The van der Waals surface area contributed by atoms with Crippen molar-refractivity contribution in [2.75, 3.05) is 0 Å². The van der Waals surface area contributed by atoms with E-state index in [4.69, 9.17) is 0 Å². The van der Waals surface area contributed by atoms with E-state index in [1.54, 1.807) is 48.5 Å². The number of phenols is 1. The van der Waals surface area contributed by atoms with Gasteiger partial charge in [-0.2, -0.15) is 0 Å². The zero-order valence-electron chi connectivity index (χ0n) is 17.6. The molecule has 0 radical (unpaired) electrons. The van der Waals surface area contributed by atoms with Crippen LogP contribution in [0.4, 0.5) is 0 Å². The molecule has 3 N–H and O–H groups in total. The van der Waals surface area contributed by atoms with Crippen LogP contribution >= 0.6 is 0 Å². The molecule has 0 aromatic heterocycles. The molecule has 2 heterocycles. The molecule has 7 heteroatoms. The lowest BCUT2D eigenvalue weighted by molar-refractivity contribution is -0.153. The summed E-state index contributed by atoms with van der Waals surface area (Å²) in [4.78, 5) is 41.7. The average molecular weight is 434 g/mol. The van der Waals surface area contributed by atoms with Gasteiger partial charge in [0, 0.05) is 17.6 Å². The quantitative estimate of drug-likeness (QED) is 0.639. The summed E-state index contributed by atoms with van der Waals surface area (Å²) in [5, 5.41) is 24.2. The number of nitrogens with zero attached hydrogens (tertiary/aromatic N) is 1. The van der Waals surface area contributed by atoms with Crippen LogP contribution in [0.5, 0.6) is 5.75 Å². The summed E-state index contributed by atoms with van der Waals surface area (Å²) in [6, 6.07) is 14.2. The molecular weight excluding hydrogens is 408 g/mol. The third-order valence-electron chi connectivity index (χ3n) is 7.37. The number of para-hydroxylation sites is 1. The van der Waals surface area contributed by atoms with Gasteiger partial charge in [-0.15, -0.1) is 0 Å². The number of fused-ring (bicyclic) bond motifs is 1. The van der Waals surface area contributed by atoms with E-state index in [0.717, 1.165) is 32.1 Å². The Morgan fingerprint density at radius 2 is 1.59 bits per heavy atom. The Bertz CT molecular complexity index is 1070. The molecular formula is C25H26N2O5.